The van der Waals surface area contributed by atoms with Crippen LogP contribution in [0.2, 0.25) is 0 Å². The number of hydrogen-bond donors (Lipinski definition) is 2. The number of nitrogens with two attached hydrogens (primary N) is 1. The molecule has 0 saturated carbocycles. The first-order chi connectivity index (χ1) is 14.5. The van der Waals surface area contributed by atoms with Crippen LogP contribution in [-0.2, 0) is 0 Å². The van der Waals surface area contributed by atoms with Crippen LogP contribution in [0.25, 0.3) is 5.69 Å². The lowest BCUT2D eigenvalue weighted by Gasteiger charge is -2.08. The van der Waals surface area contributed by atoms with Gasteiger partial charge in [-0.15, -0.1) is 0 Å². The second-order valence-corrected chi connectivity index (χ2v) is 8.11. The first kappa shape index (κ1) is 19.8. The fourth-order valence-corrected chi connectivity index (χ4v) is 3.85. The number of carbonyl (C=O) groups excluding carboxylic acids is 1. The van der Waals surface area contributed by atoms with Gasteiger partial charge in [-0.1, -0.05) is 65.4 Å². The molecular formula is C24H22N4OS. The second-order valence-electron chi connectivity index (χ2n) is 7.05. The maximum Gasteiger partial charge on any atom is 0.255 e. The largest absolute Gasteiger partial charge is 0.382 e. The molecular weight excluding hydrogens is 392 g/mol. The predicted molar refractivity (Wildman–Crippen MR) is 122 cm³/mol. The van der Waals surface area contributed by atoms with Crippen LogP contribution >= 0.6 is 11.8 Å². The van der Waals surface area contributed by atoms with E-state index in [1.54, 1.807) is 16.8 Å². The van der Waals surface area contributed by atoms with E-state index in [1.165, 1.54) is 17.3 Å². The molecule has 0 bridgehead atoms. The maximum atomic E-state index is 12.9. The van der Waals surface area contributed by atoms with Gasteiger partial charge in [-0.2, -0.15) is 5.10 Å². The number of para-hydroxylation sites is 1. The summed E-state index contributed by atoms with van der Waals surface area (Å²) in [5.74, 6) is 0.163. The van der Waals surface area contributed by atoms with E-state index in [9.17, 15) is 4.79 Å². The summed E-state index contributed by atoms with van der Waals surface area (Å²) in [6.07, 6.45) is 0. The number of carbonyl (C=O) groups is 1. The Balaban J connectivity index is 1.72. The summed E-state index contributed by atoms with van der Waals surface area (Å²) >= 11 is 1.47. The van der Waals surface area contributed by atoms with Crippen LogP contribution < -0.4 is 11.1 Å². The molecule has 0 radical (unpaired) electrons. The van der Waals surface area contributed by atoms with Crippen molar-refractivity contribution in [3.05, 3.63) is 95.6 Å². The molecule has 4 aromatic rings. The summed E-state index contributed by atoms with van der Waals surface area (Å²) in [4.78, 5) is 13.9. The summed E-state index contributed by atoms with van der Waals surface area (Å²) < 4.78 is 1.65. The normalized spacial score (nSPS) is 10.7. The van der Waals surface area contributed by atoms with Crippen LogP contribution in [-0.4, -0.2) is 15.7 Å². The van der Waals surface area contributed by atoms with Crippen molar-refractivity contribution in [2.24, 2.45) is 0 Å². The molecule has 0 fully saturated rings. The zero-order chi connectivity index (χ0) is 21.1. The van der Waals surface area contributed by atoms with Gasteiger partial charge in [0, 0.05) is 10.5 Å². The van der Waals surface area contributed by atoms with Crippen molar-refractivity contribution in [3.8, 4) is 5.69 Å². The van der Waals surface area contributed by atoms with Gasteiger partial charge in [0.05, 0.1) is 5.69 Å². The molecule has 6 heteroatoms. The Morgan fingerprint density at radius 3 is 2.13 bits per heavy atom. The highest BCUT2D eigenvalue weighted by atomic mass is 32.2. The van der Waals surface area contributed by atoms with E-state index in [2.05, 4.69) is 5.32 Å². The minimum absolute atomic E-state index is 0.222. The van der Waals surface area contributed by atoms with Gasteiger partial charge in [0.1, 0.15) is 10.7 Å². The summed E-state index contributed by atoms with van der Waals surface area (Å²) in [6, 6.07) is 25.2. The Morgan fingerprint density at radius 1 is 0.900 bits per heavy atom. The van der Waals surface area contributed by atoms with E-state index in [4.69, 9.17) is 10.8 Å². The molecule has 0 saturated heterocycles. The zero-order valence-corrected chi connectivity index (χ0v) is 17.6. The highest BCUT2D eigenvalue weighted by Crippen LogP contribution is 2.37. The lowest BCUT2D eigenvalue weighted by molar-refractivity contribution is 0.102. The Hall–Kier alpha value is -3.51. The highest BCUT2D eigenvalue weighted by Gasteiger charge is 2.20. The molecule has 150 valence electrons. The molecule has 0 aliphatic heterocycles. The van der Waals surface area contributed by atoms with Crippen molar-refractivity contribution in [3.63, 3.8) is 0 Å². The SMILES string of the molecule is Cc1ccc(Sc2nn(-c3ccccc3)c(N)c2NC(=O)c2ccc(C)cc2)cc1. The number of anilines is 2. The molecule has 1 aromatic heterocycles. The number of hydrogen-bond acceptors (Lipinski definition) is 4. The van der Waals surface area contributed by atoms with Crippen molar-refractivity contribution in [2.45, 2.75) is 23.8 Å². The molecule has 1 amide bonds. The van der Waals surface area contributed by atoms with Crippen LogP contribution in [0.1, 0.15) is 21.5 Å². The van der Waals surface area contributed by atoms with Gasteiger partial charge in [0.25, 0.3) is 5.91 Å². The molecule has 4 rings (SSSR count). The van der Waals surface area contributed by atoms with Gasteiger partial charge in [-0.25, -0.2) is 4.68 Å². The third-order valence-electron chi connectivity index (χ3n) is 4.68. The minimum Gasteiger partial charge on any atom is -0.382 e. The minimum atomic E-state index is -0.222. The number of rotatable bonds is 5. The van der Waals surface area contributed by atoms with Crippen molar-refractivity contribution >= 4 is 29.2 Å². The van der Waals surface area contributed by atoms with Crippen molar-refractivity contribution in [1.29, 1.82) is 0 Å². The van der Waals surface area contributed by atoms with Crippen molar-refractivity contribution in [2.75, 3.05) is 11.1 Å². The van der Waals surface area contributed by atoms with E-state index in [0.29, 0.717) is 22.1 Å². The fraction of sp³-hybridized carbons (Fsp3) is 0.0833. The summed E-state index contributed by atoms with van der Waals surface area (Å²) in [6.45, 7) is 4.03. The first-order valence-electron chi connectivity index (χ1n) is 9.58. The highest BCUT2D eigenvalue weighted by molar-refractivity contribution is 7.99. The number of nitrogens with one attached hydrogen (secondary N) is 1. The van der Waals surface area contributed by atoms with Crippen molar-refractivity contribution < 1.29 is 4.79 Å². The van der Waals surface area contributed by atoms with Gasteiger partial charge in [0.15, 0.2) is 5.82 Å². The van der Waals surface area contributed by atoms with Gasteiger partial charge < -0.3 is 11.1 Å². The average molecular weight is 415 g/mol. The lowest BCUT2D eigenvalue weighted by Crippen LogP contribution is -2.13. The lowest BCUT2D eigenvalue weighted by atomic mass is 10.1. The van der Waals surface area contributed by atoms with Crippen LogP contribution in [0.5, 0.6) is 0 Å². The van der Waals surface area contributed by atoms with E-state index in [1.807, 2.05) is 80.6 Å². The molecule has 0 aliphatic rings. The Bertz CT molecular complexity index is 1170. The molecule has 5 nitrogen and oxygen atoms in total. The molecule has 0 unspecified atom stereocenters. The molecule has 1 heterocycles. The van der Waals surface area contributed by atoms with E-state index in [0.717, 1.165) is 16.1 Å². The van der Waals surface area contributed by atoms with Crippen molar-refractivity contribution in [1.82, 2.24) is 9.78 Å². The molecule has 3 aromatic carbocycles. The van der Waals surface area contributed by atoms with Gasteiger partial charge in [-0.3, -0.25) is 4.79 Å². The smallest absolute Gasteiger partial charge is 0.255 e. The van der Waals surface area contributed by atoms with Crippen LogP contribution in [0.3, 0.4) is 0 Å². The van der Waals surface area contributed by atoms with Gasteiger partial charge in [-0.05, 0) is 50.2 Å². The molecule has 0 atom stereocenters. The second kappa shape index (κ2) is 8.47. The van der Waals surface area contributed by atoms with Gasteiger partial charge >= 0.3 is 0 Å². The molecule has 0 aliphatic carbocycles. The number of amides is 1. The van der Waals surface area contributed by atoms with E-state index < -0.39 is 0 Å². The average Bonchev–Trinajstić information content (AvgIpc) is 3.06. The third kappa shape index (κ3) is 4.23. The standard InChI is InChI=1S/C24H22N4OS/c1-16-8-12-18(13-9-16)23(29)26-21-22(25)28(19-6-4-3-5-7-19)27-24(21)30-20-14-10-17(2)11-15-20/h3-15H,25H2,1-2H3,(H,26,29). The summed E-state index contributed by atoms with van der Waals surface area (Å²) in [5.41, 5.74) is 10.6. The molecule has 30 heavy (non-hydrogen) atoms. The van der Waals surface area contributed by atoms with Crippen LogP contribution in [0.4, 0.5) is 11.5 Å². The number of aryl methyl sites for hydroxylation is 2. The van der Waals surface area contributed by atoms with Crippen LogP contribution in [0.15, 0.2) is 88.8 Å². The summed E-state index contributed by atoms with van der Waals surface area (Å²) in [5, 5.41) is 8.31. The van der Waals surface area contributed by atoms with Crippen LogP contribution in [0, 0.1) is 13.8 Å². The summed E-state index contributed by atoms with van der Waals surface area (Å²) in [7, 11) is 0. The number of nitrogen functional groups attached to an aromatic ring is 1. The quantitative estimate of drug-likeness (QED) is 0.454. The maximum absolute atomic E-state index is 12.9. The first-order valence-corrected chi connectivity index (χ1v) is 10.4. The Morgan fingerprint density at radius 2 is 1.50 bits per heavy atom. The number of aromatic nitrogens is 2. The van der Waals surface area contributed by atoms with Gasteiger partial charge in [0.2, 0.25) is 0 Å². The topological polar surface area (TPSA) is 72.9 Å². The number of nitrogens with zero attached hydrogens (tertiary/aromatic N) is 2. The zero-order valence-electron chi connectivity index (χ0n) is 16.8. The molecule has 0 spiro atoms. The predicted octanol–water partition coefficient (Wildman–Crippen LogP) is 5.47. The Kier molecular flexibility index (Phi) is 5.59. The Labute approximate surface area is 179 Å². The van der Waals surface area contributed by atoms with E-state index >= 15 is 0 Å². The molecule has 3 N–H and O–H groups in total. The monoisotopic (exact) mass is 414 g/mol. The third-order valence-corrected chi connectivity index (χ3v) is 5.66. The fourth-order valence-electron chi connectivity index (χ4n) is 2.97. The van der Waals surface area contributed by atoms with E-state index in [-0.39, 0.29) is 5.91 Å². The number of benzene rings is 3.